The zero-order valence-electron chi connectivity index (χ0n) is 13.6. The highest BCUT2D eigenvalue weighted by Crippen LogP contribution is 2.32. The molecule has 22 heavy (non-hydrogen) atoms. The van der Waals surface area contributed by atoms with Crippen molar-refractivity contribution >= 4 is 23.0 Å². The molecular formula is C17H26N2O2S. The van der Waals surface area contributed by atoms with Gasteiger partial charge in [-0.15, -0.1) is 0 Å². The number of benzene rings is 1. The molecule has 1 rings (SSSR count). The second-order valence-electron chi connectivity index (χ2n) is 4.31. The summed E-state index contributed by atoms with van der Waals surface area (Å²) in [5, 5.41) is 2.99. The summed E-state index contributed by atoms with van der Waals surface area (Å²) in [7, 11) is 3.55. The molecule has 5 heteroatoms. The Morgan fingerprint density at radius 2 is 2.23 bits per heavy atom. The Morgan fingerprint density at radius 1 is 1.50 bits per heavy atom. The van der Waals surface area contributed by atoms with Crippen LogP contribution in [0.2, 0.25) is 0 Å². The van der Waals surface area contributed by atoms with Crippen LogP contribution in [0.4, 0.5) is 0 Å². The first-order valence-electron chi connectivity index (χ1n) is 7.10. The number of methoxy groups -OCH3 is 1. The normalized spacial score (nSPS) is 10.5. The lowest BCUT2D eigenvalue weighted by Gasteiger charge is -2.06. The molecule has 0 saturated heterocycles. The van der Waals surface area contributed by atoms with Crippen LogP contribution in [-0.4, -0.2) is 33.5 Å². The molecule has 4 nitrogen and oxygen atoms in total. The first-order chi connectivity index (χ1) is 10.6. The maximum absolute atomic E-state index is 10.7. The largest absolute Gasteiger partial charge is 0.497 e. The molecule has 1 aromatic rings. The van der Waals surface area contributed by atoms with E-state index in [0.29, 0.717) is 4.91 Å². The van der Waals surface area contributed by atoms with Crippen LogP contribution in [-0.2, 0) is 4.79 Å². The molecule has 0 aliphatic rings. The van der Waals surface area contributed by atoms with Gasteiger partial charge in [-0.25, -0.2) is 0 Å². The molecule has 0 aliphatic carbocycles. The molecule has 3 N–H and O–H groups in total. The van der Waals surface area contributed by atoms with E-state index >= 15 is 0 Å². The van der Waals surface area contributed by atoms with Gasteiger partial charge in [0.1, 0.15) is 5.75 Å². The second-order valence-corrected chi connectivity index (χ2v) is 5.48. The number of hydrogen-bond donors (Lipinski definition) is 2. The molecule has 0 saturated carbocycles. The van der Waals surface area contributed by atoms with Crippen LogP contribution in [0.25, 0.3) is 4.91 Å². The zero-order valence-corrected chi connectivity index (χ0v) is 14.4. The Bertz CT molecular complexity index is 483. The number of carbonyl (C=O) groups excluding carboxylic acids is 1. The molecule has 0 aromatic heterocycles. The Balaban J connectivity index is 0.000000626. The highest BCUT2D eigenvalue weighted by Gasteiger charge is 2.04. The van der Waals surface area contributed by atoms with E-state index < -0.39 is 0 Å². The van der Waals surface area contributed by atoms with Gasteiger partial charge in [-0.3, -0.25) is 4.79 Å². The van der Waals surface area contributed by atoms with Gasteiger partial charge in [0.25, 0.3) is 0 Å². The number of thioether (sulfide) groups is 1. The number of carbonyl (C=O) groups is 1. The third-order valence-corrected chi connectivity index (χ3v) is 3.71. The number of aldehydes is 1. The first kappa shape index (κ1) is 20.4. The van der Waals surface area contributed by atoms with Crippen molar-refractivity contribution in [3.8, 4) is 5.75 Å². The van der Waals surface area contributed by atoms with Gasteiger partial charge in [0.05, 0.1) is 7.11 Å². The highest BCUT2D eigenvalue weighted by atomic mass is 32.2. The molecule has 1 aromatic carbocycles. The number of hydrogen-bond acceptors (Lipinski definition) is 5. The van der Waals surface area contributed by atoms with Crippen LogP contribution in [0.3, 0.4) is 0 Å². The van der Waals surface area contributed by atoms with Crippen LogP contribution in [0.15, 0.2) is 41.8 Å². The topological polar surface area (TPSA) is 64.3 Å². The van der Waals surface area contributed by atoms with Gasteiger partial charge < -0.3 is 15.8 Å². The maximum atomic E-state index is 10.7. The summed E-state index contributed by atoms with van der Waals surface area (Å²) in [6.07, 6.45) is 3.68. The average molecular weight is 322 g/mol. The number of ether oxygens (including phenoxy) is 1. The highest BCUT2D eigenvalue weighted by molar-refractivity contribution is 8.12. The van der Waals surface area contributed by atoms with Crippen molar-refractivity contribution in [1.82, 2.24) is 5.32 Å². The van der Waals surface area contributed by atoms with E-state index in [4.69, 9.17) is 10.5 Å². The predicted octanol–water partition coefficient (Wildman–Crippen LogP) is 3.06. The van der Waals surface area contributed by atoms with Crippen molar-refractivity contribution in [3.05, 3.63) is 47.4 Å². The van der Waals surface area contributed by atoms with Gasteiger partial charge in [-0.05, 0) is 51.2 Å². The van der Waals surface area contributed by atoms with Crippen LogP contribution in [0.1, 0.15) is 18.9 Å². The maximum Gasteiger partial charge on any atom is 0.156 e. The standard InChI is InChI=1S/C13H14O2S.C4H12N2/c1-4-13(9-14)16-10(2)11-6-5-7-12(8-11)15-3;1-6-4-2-3-5/h4-9H,2H2,1,3H3;6H,2-5H2,1H3/b13-4-;. The molecule has 0 unspecified atom stereocenters. The monoisotopic (exact) mass is 322 g/mol. The van der Waals surface area contributed by atoms with Gasteiger partial charge >= 0.3 is 0 Å². The molecule has 0 fully saturated rings. The smallest absolute Gasteiger partial charge is 0.156 e. The fraction of sp³-hybridized carbons (Fsp3) is 0.353. The van der Waals surface area contributed by atoms with E-state index in [2.05, 4.69) is 11.9 Å². The molecular weight excluding hydrogens is 296 g/mol. The van der Waals surface area contributed by atoms with Crippen molar-refractivity contribution in [2.75, 3.05) is 27.2 Å². The van der Waals surface area contributed by atoms with Crippen molar-refractivity contribution in [1.29, 1.82) is 0 Å². The quantitative estimate of drug-likeness (QED) is 0.437. The van der Waals surface area contributed by atoms with Gasteiger partial charge in [-0.2, -0.15) is 0 Å². The summed E-state index contributed by atoms with van der Waals surface area (Å²) in [5.41, 5.74) is 6.14. The van der Waals surface area contributed by atoms with E-state index in [1.807, 2.05) is 38.2 Å². The summed E-state index contributed by atoms with van der Waals surface area (Å²) in [6.45, 7) is 7.60. The Hall–Kier alpha value is -1.56. The second kappa shape index (κ2) is 13.1. The summed E-state index contributed by atoms with van der Waals surface area (Å²) >= 11 is 1.36. The SMILES string of the molecule is C=C(S/C(C=O)=C\C)c1cccc(OC)c1.CNCCCN. The molecule has 0 amide bonds. The van der Waals surface area contributed by atoms with Crippen molar-refractivity contribution in [3.63, 3.8) is 0 Å². The molecule has 0 heterocycles. The molecule has 0 radical (unpaired) electrons. The van der Waals surface area contributed by atoms with Gasteiger partial charge in [0.15, 0.2) is 6.29 Å². The minimum Gasteiger partial charge on any atom is -0.497 e. The zero-order chi connectivity index (χ0) is 16.8. The fourth-order valence-electron chi connectivity index (χ4n) is 1.43. The predicted molar refractivity (Wildman–Crippen MR) is 97.0 cm³/mol. The number of nitrogens with one attached hydrogen (secondary N) is 1. The van der Waals surface area contributed by atoms with Gasteiger partial charge in [0.2, 0.25) is 0 Å². The van der Waals surface area contributed by atoms with Crippen molar-refractivity contribution in [2.45, 2.75) is 13.3 Å². The molecule has 0 bridgehead atoms. The van der Waals surface area contributed by atoms with Crippen molar-refractivity contribution < 1.29 is 9.53 Å². The van der Waals surface area contributed by atoms with E-state index in [-0.39, 0.29) is 0 Å². The number of rotatable bonds is 8. The number of nitrogens with two attached hydrogens (primary N) is 1. The van der Waals surface area contributed by atoms with E-state index in [0.717, 1.165) is 42.0 Å². The lowest BCUT2D eigenvalue weighted by molar-refractivity contribution is -0.104. The average Bonchev–Trinajstić information content (AvgIpc) is 2.58. The third-order valence-electron chi connectivity index (χ3n) is 2.66. The molecule has 0 aliphatic heterocycles. The van der Waals surface area contributed by atoms with Gasteiger partial charge in [0, 0.05) is 9.81 Å². The first-order valence-corrected chi connectivity index (χ1v) is 7.91. The molecule has 122 valence electrons. The van der Waals surface area contributed by atoms with Gasteiger partial charge in [-0.1, -0.05) is 36.5 Å². The van der Waals surface area contributed by atoms with Crippen molar-refractivity contribution in [2.24, 2.45) is 5.73 Å². The Morgan fingerprint density at radius 3 is 2.68 bits per heavy atom. The molecule has 0 atom stereocenters. The fourth-order valence-corrected chi connectivity index (χ4v) is 2.12. The lowest BCUT2D eigenvalue weighted by Crippen LogP contribution is -2.12. The minimum atomic E-state index is 0.660. The van der Waals surface area contributed by atoms with Crippen LogP contribution in [0.5, 0.6) is 5.75 Å². The Labute approximate surface area is 137 Å². The van der Waals surface area contributed by atoms with E-state index in [1.165, 1.54) is 11.8 Å². The summed E-state index contributed by atoms with van der Waals surface area (Å²) in [6, 6.07) is 7.61. The van der Waals surface area contributed by atoms with E-state index in [1.54, 1.807) is 13.2 Å². The molecule has 0 spiro atoms. The summed E-state index contributed by atoms with van der Waals surface area (Å²) < 4.78 is 5.13. The summed E-state index contributed by atoms with van der Waals surface area (Å²) in [5.74, 6) is 0.785. The Kier molecular flexibility index (Phi) is 12.2. The van der Waals surface area contributed by atoms with Crippen LogP contribution in [0, 0.1) is 0 Å². The lowest BCUT2D eigenvalue weighted by atomic mass is 10.2. The third kappa shape index (κ3) is 8.67. The number of allylic oxidation sites excluding steroid dienone is 2. The van der Waals surface area contributed by atoms with E-state index in [9.17, 15) is 4.79 Å². The summed E-state index contributed by atoms with van der Waals surface area (Å²) in [4.78, 5) is 12.2. The van der Waals surface area contributed by atoms with Crippen LogP contribution < -0.4 is 15.8 Å². The minimum absolute atomic E-state index is 0.660. The van der Waals surface area contributed by atoms with Crippen LogP contribution >= 0.6 is 11.8 Å².